The molecule has 0 aliphatic heterocycles. The van der Waals surface area contributed by atoms with E-state index in [1.807, 2.05) is 11.8 Å². The Bertz CT molecular complexity index is 308. The maximum Gasteiger partial charge on any atom is 0.0704 e. The molecule has 1 heterocycles. The van der Waals surface area contributed by atoms with E-state index in [4.69, 9.17) is 5.21 Å². The molecular formula is C10H13NOS2. The largest absolute Gasteiger partial charge is 0.411 e. The monoisotopic (exact) mass is 227 g/mol. The predicted molar refractivity (Wildman–Crippen MR) is 61.7 cm³/mol. The molecule has 1 aromatic heterocycles. The number of thiophene rings is 1. The number of rotatable bonds is 2. The smallest absolute Gasteiger partial charge is 0.0704 e. The van der Waals surface area contributed by atoms with Crippen molar-refractivity contribution in [2.45, 2.75) is 35.1 Å². The zero-order valence-electron chi connectivity index (χ0n) is 7.85. The molecule has 1 saturated carbocycles. The van der Waals surface area contributed by atoms with E-state index in [1.165, 1.54) is 17.1 Å². The summed E-state index contributed by atoms with van der Waals surface area (Å²) < 4.78 is 1.32. The van der Waals surface area contributed by atoms with E-state index in [2.05, 4.69) is 22.7 Å². The van der Waals surface area contributed by atoms with Crippen LogP contribution in [-0.2, 0) is 0 Å². The second kappa shape index (κ2) is 4.84. The van der Waals surface area contributed by atoms with Gasteiger partial charge in [0, 0.05) is 0 Å². The molecule has 0 spiro atoms. The van der Waals surface area contributed by atoms with E-state index in [0.29, 0.717) is 5.25 Å². The second-order valence-electron chi connectivity index (χ2n) is 3.38. The van der Waals surface area contributed by atoms with Gasteiger partial charge in [0.05, 0.1) is 15.2 Å². The Balaban J connectivity index is 2.02. The lowest BCUT2D eigenvalue weighted by Gasteiger charge is -2.21. The Labute approximate surface area is 92.0 Å². The van der Waals surface area contributed by atoms with Gasteiger partial charge in [0.15, 0.2) is 0 Å². The van der Waals surface area contributed by atoms with Gasteiger partial charge in [0.25, 0.3) is 0 Å². The van der Waals surface area contributed by atoms with Crippen LogP contribution in [-0.4, -0.2) is 16.2 Å². The molecule has 0 aromatic carbocycles. The van der Waals surface area contributed by atoms with Crippen LogP contribution in [0.1, 0.15) is 25.7 Å². The molecule has 2 rings (SSSR count). The molecule has 76 valence electrons. The zero-order chi connectivity index (χ0) is 9.80. The normalized spacial score (nSPS) is 25.4. The number of oxime groups is 1. The summed E-state index contributed by atoms with van der Waals surface area (Å²) in [5.74, 6) is 0. The number of thioether (sulfide) groups is 1. The second-order valence-corrected chi connectivity index (χ2v) is 5.83. The van der Waals surface area contributed by atoms with E-state index in [0.717, 1.165) is 18.6 Å². The van der Waals surface area contributed by atoms with Crippen LogP contribution in [0, 0.1) is 0 Å². The van der Waals surface area contributed by atoms with Crippen LogP contribution in [0.25, 0.3) is 0 Å². The zero-order valence-corrected chi connectivity index (χ0v) is 9.48. The van der Waals surface area contributed by atoms with Crippen LogP contribution in [0.4, 0.5) is 0 Å². The first kappa shape index (κ1) is 10.1. The molecule has 14 heavy (non-hydrogen) atoms. The fourth-order valence-electron chi connectivity index (χ4n) is 1.68. The third-order valence-electron chi connectivity index (χ3n) is 2.40. The molecule has 1 aromatic rings. The predicted octanol–water partition coefficient (Wildman–Crippen LogP) is 3.61. The first-order valence-electron chi connectivity index (χ1n) is 4.81. The van der Waals surface area contributed by atoms with Gasteiger partial charge in [-0.3, -0.25) is 0 Å². The maximum absolute atomic E-state index is 8.87. The SMILES string of the molecule is O/N=C1\CCCC[C@H]1Sc1cccs1. The van der Waals surface area contributed by atoms with Crippen molar-refractivity contribution >= 4 is 28.8 Å². The molecule has 0 unspecified atom stereocenters. The molecule has 0 amide bonds. The van der Waals surface area contributed by atoms with E-state index < -0.39 is 0 Å². The molecule has 1 atom stereocenters. The van der Waals surface area contributed by atoms with Crippen molar-refractivity contribution in [2.75, 3.05) is 0 Å². The lowest BCUT2D eigenvalue weighted by molar-refractivity contribution is 0.314. The van der Waals surface area contributed by atoms with Gasteiger partial charge < -0.3 is 5.21 Å². The maximum atomic E-state index is 8.87. The van der Waals surface area contributed by atoms with Gasteiger partial charge in [-0.05, 0) is 30.7 Å². The minimum atomic E-state index is 0.396. The lowest BCUT2D eigenvalue weighted by atomic mass is 9.98. The minimum Gasteiger partial charge on any atom is -0.411 e. The highest BCUT2D eigenvalue weighted by molar-refractivity contribution is 8.02. The number of nitrogens with zero attached hydrogens (tertiary/aromatic N) is 1. The van der Waals surface area contributed by atoms with Gasteiger partial charge in [-0.25, -0.2) is 0 Å². The highest BCUT2D eigenvalue weighted by atomic mass is 32.2. The Morgan fingerprint density at radius 2 is 2.43 bits per heavy atom. The average Bonchev–Trinajstić information content (AvgIpc) is 2.71. The van der Waals surface area contributed by atoms with Crippen LogP contribution in [0.5, 0.6) is 0 Å². The number of hydrogen-bond donors (Lipinski definition) is 1. The molecule has 0 saturated heterocycles. The summed E-state index contributed by atoms with van der Waals surface area (Å²) in [4.78, 5) is 0. The molecule has 1 aliphatic carbocycles. The highest BCUT2D eigenvalue weighted by Crippen LogP contribution is 2.34. The van der Waals surface area contributed by atoms with Crippen molar-refractivity contribution in [1.29, 1.82) is 0 Å². The van der Waals surface area contributed by atoms with Gasteiger partial charge in [-0.2, -0.15) is 0 Å². The van der Waals surface area contributed by atoms with Crippen LogP contribution in [0.3, 0.4) is 0 Å². The van der Waals surface area contributed by atoms with Crippen LogP contribution in [0.15, 0.2) is 26.9 Å². The quantitative estimate of drug-likeness (QED) is 0.618. The summed E-state index contributed by atoms with van der Waals surface area (Å²) in [5, 5.41) is 14.8. The topological polar surface area (TPSA) is 32.6 Å². The standard InChI is InChI=1S/C10H13NOS2/c12-11-8-4-1-2-5-9(8)14-10-6-3-7-13-10/h3,6-7,9,12H,1-2,4-5H2/b11-8+/t9-/m1/s1. The fourth-order valence-corrected chi connectivity index (χ4v) is 3.88. The van der Waals surface area contributed by atoms with Crippen molar-refractivity contribution in [3.8, 4) is 0 Å². The molecule has 1 fully saturated rings. The third kappa shape index (κ3) is 2.30. The van der Waals surface area contributed by atoms with Gasteiger partial charge in [0.1, 0.15) is 0 Å². The van der Waals surface area contributed by atoms with Gasteiger partial charge in [0.2, 0.25) is 0 Å². The molecule has 0 radical (unpaired) electrons. The molecule has 4 heteroatoms. The Morgan fingerprint density at radius 3 is 3.14 bits per heavy atom. The van der Waals surface area contributed by atoms with Crippen LogP contribution < -0.4 is 0 Å². The summed E-state index contributed by atoms with van der Waals surface area (Å²) in [6.07, 6.45) is 4.52. The van der Waals surface area contributed by atoms with Crippen LogP contribution in [0.2, 0.25) is 0 Å². The summed E-state index contributed by atoms with van der Waals surface area (Å²) in [6, 6.07) is 4.19. The number of hydrogen-bond acceptors (Lipinski definition) is 4. The van der Waals surface area contributed by atoms with Gasteiger partial charge >= 0.3 is 0 Å². The van der Waals surface area contributed by atoms with E-state index >= 15 is 0 Å². The molecule has 0 bridgehead atoms. The molecule has 2 nitrogen and oxygen atoms in total. The molecule has 1 aliphatic rings. The Hall–Kier alpha value is -0.480. The van der Waals surface area contributed by atoms with Crippen molar-refractivity contribution in [3.05, 3.63) is 17.5 Å². The molecular weight excluding hydrogens is 214 g/mol. The highest BCUT2D eigenvalue weighted by Gasteiger charge is 2.22. The Kier molecular flexibility index (Phi) is 3.48. The van der Waals surface area contributed by atoms with E-state index in [-0.39, 0.29) is 0 Å². The third-order valence-corrected chi connectivity index (χ3v) is 4.80. The van der Waals surface area contributed by atoms with Crippen LogP contribution >= 0.6 is 23.1 Å². The lowest BCUT2D eigenvalue weighted by Crippen LogP contribution is -2.21. The fraction of sp³-hybridized carbons (Fsp3) is 0.500. The minimum absolute atomic E-state index is 0.396. The van der Waals surface area contributed by atoms with Crippen molar-refractivity contribution in [2.24, 2.45) is 5.16 Å². The van der Waals surface area contributed by atoms with Crippen molar-refractivity contribution in [3.63, 3.8) is 0 Å². The average molecular weight is 227 g/mol. The van der Waals surface area contributed by atoms with Gasteiger partial charge in [-0.15, -0.1) is 23.1 Å². The van der Waals surface area contributed by atoms with Gasteiger partial charge in [-0.1, -0.05) is 17.6 Å². The molecule has 1 N–H and O–H groups in total. The van der Waals surface area contributed by atoms with E-state index in [9.17, 15) is 0 Å². The summed E-state index contributed by atoms with van der Waals surface area (Å²) in [5.41, 5.74) is 0.967. The van der Waals surface area contributed by atoms with Crippen molar-refractivity contribution < 1.29 is 5.21 Å². The Morgan fingerprint density at radius 1 is 1.50 bits per heavy atom. The first-order valence-corrected chi connectivity index (χ1v) is 6.57. The first-order chi connectivity index (χ1) is 6.90. The summed E-state index contributed by atoms with van der Waals surface area (Å²) in [6.45, 7) is 0. The summed E-state index contributed by atoms with van der Waals surface area (Å²) in [7, 11) is 0. The summed E-state index contributed by atoms with van der Waals surface area (Å²) >= 11 is 3.59. The van der Waals surface area contributed by atoms with Crippen molar-refractivity contribution in [1.82, 2.24) is 0 Å². The van der Waals surface area contributed by atoms with E-state index in [1.54, 1.807) is 11.3 Å².